The number of carbonyl (C=O) groups is 2. The number of aliphatic hydroxyl groups excluding tert-OH is 1. The standard InChI is InChI=1S/C15H15NO4S/c1-6(17)10-12-8-2-3-9-7(4-5-21-9)11(8)13(15(19)20)16(12)14(10)18/h4-6,8,10,12,17H,2-3H2,1H3,(H,19,20)/t6-,8-,10-,12-/m1/s1. The molecular weight excluding hydrogens is 290 g/mol. The summed E-state index contributed by atoms with van der Waals surface area (Å²) in [7, 11) is 0. The van der Waals surface area contributed by atoms with E-state index < -0.39 is 18.0 Å². The highest BCUT2D eigenvalue weighted by Crippen LogP contribution is 2.55. The topological polar surface area (TPSA) is 77.8 Å². The van der Waals surface area contributed by atoms with Crippen molar-refractivity contribution in [3.8, 4) is 0 Å². The molecular formula is C15H15NO4S. The van der Waals surface area contributed by atoms with E-state index in [1.54, 1.807) is 18.3 Å². The van der Waals surface area contributed by atoms with Crippen molar-refractivity contribution in [2.75, 3.05) is 0 Å². The maximum absolute atomic E-state index is 12.3. The lowest BCUT2D eigenvalue weighted by Crippen LogP contribution is -2.64. The molecule has 1 saturated heterocycles. The second-order valence-corrected chi connectivity index (χ2v) is 6.94. The highest BCUT2D eigenvalue weighted by molar-refractivity contribution is 7.10. The van der Waals surface area contributed by atoms with Crippen LogP contribution in [0, 0.1) is 11.8 Å². The number of hydrogen-bond donors (Lipinski definition) is 2. The first-order chi connectivity index (χ1) is 10.0. The van der Waals surface area contributed by atoms with Crippen molar-refractivity contribution in [3.05, 3.63) is 27.6 Å². The first kappa shape index (κ1) is 13.0. The van der Waals surface area contributed by atoms with Gasteiger partial charge in [0.25, 0.3) is 0 Å². The number of aliphatic carboxylic acids is 1. The molecule has 0 spiro atoms. The fourth-order valence-electron chi connectivity index (χ4n) is 4.11. The Morgan fingerprint density at radius 1 is 1.52 bits per heavy atom. The largest absolute Gasteiger partial charge is 0.477 e. The van der Waals surface area contributed by atoms with Gasteiger partial charge < -0.3 is 15.1 Å². The number of carbonyl (C=O) groups excluding carboxylic acids is 1. The zero-order chi connectivity index (χ0) is 14.9. The highest BCUT2D eigenvalue weighted by Gasteiger charge is 2.61. The second kappa shape index (κ2) is 4.18. The summed E-state index contributed by atoms with van der Waals surface area (Å²) in [5.74, 6) is -1.74. The number of nitrogens with zero attached hydrogens (tertiary/aromatic N) is 1. The van der Waals surface area contributed by atoms with Gasteiger partial charge in [0, 0.05) is 10.8 Å². The summed E-state index contributed by atoms with van der Waals surface area (Å²) >= 11 is 1.64. The molecule has 6 heteroatoms. The van der Waals surface area contributed by atoms with Crippen LogP contribution in [0.2, 0.25) is 0 Å². The summed E-state index contributed by atoms with van der Waals surface area (Å²) in [6.45, 7) is 1.61. The molecule has 0 bridgehead atoms. The van der Waals surface area contributed by atoms with Crippen molar-refractivity contribution in [3.63, 3.8) is 0 Å². The number of hydrogen-bond acceptors (Lipinski definition) is 4. The van der Waals surface area contributed by atoms with E-state index in [9.17, 15) is 19.8 Å². The Morgan fingerprint density at radius 2 is 2.29 bits per heavy atom. The third-order valence-electron chi connectivity index (χ3n) is 4.91. The van der Waals surface area contributed by atoms with Gasteiger partial charge in [0.05, 0.1) is 18.1 Å². The van der Waals surface area contributed by atoms with Crippen LogP contribution in [0.15, 0.2) is 17.1 Å². The van der Waals surface area contributed by atoms with Gasteiger partial charge in [0.1, 0.15) is 5.70 Å². The Labute approximate surface area is 125 Å². The van der Waals surface area contributed by atoms with Gasteiger partial charge >= 0.3 is 5.97 Å². The molecule has 2 aliphatic heterocycles. The lowest BCUT2D eigenvalue weighted by Gasteiger charge is -2.47. The molecule has 1 aromatic heterocycles. The van der Waals surface area contributed by atoms with E-state index in [0.29, 0.717) is 0 Å². The molecule has 1 amide bonds. The molecule has 0 unspecified atom stereocenters. The number of fused-ring (bicyclic) bond motifs is 5. The lowest BCUT2D eigenvalue weighted by molar-refractivity contribution is -0.163. The molecule has 4 atom stereocenters. The molecule has 0 radical (unpaired) electrons. The quantitative estimate of drug-likeness (QED) is 0.808. The van der Waals surface area contributed by atoms with Crippen LogP contribution in [0.25, 0.3) is 5.57 Å². The monoisotopic (exact) mass is 305 g/mol. The summed E-state index contributed by atoms with van der Waals surface area (Å²) in [5.41, 5.74) is 1.91. The van der Waals surface area contributed by atoms with Gasteiger partial charge in [-0.1, -0.05) is 0 Å². The third-order valence-corrected chi connectivity index (χ3v) is 5.89. The van der Waals surface area contributed by atoms with Crippen LogP contribution in [0.4, 0.5) is 0 Å². The zero-order valence-corrected chi connectivity index (χ0v) is 12.3. The Morgan fingerprint density at radius 3 is 2.95 bits per heavy atom. The number of aryl methyl sites for hydroxylation is 1. The number of aliphatic hydroxyl groups is 1. The maximum atomic E-state index is 12.3. The van der Waals surface area contributed by atoms with E-state index in [2.05, 4.69) is 0 Å². The second-order valence-electron chi connectivity index (χ2n) is 5.94. The number of amides is 1. The Kier molecular flexibility index (Phi) is 2.59. The van der Waals surface area contributed by atoms with E-state index in [1.165, 1.54) is 9.78 Å². The van der Waals surface area contributed by atoms with Crippen molar-refractivity contribution in [2.45, 2.75) is 31.9 Å². The fraction of sp³-hybridized carbons (Fsp3) is 0.467. The summed E-state index contributed by atoms with van der Waals surface area (Å²) in [6, 6.07) is 1.77. The average Bonchev–Trinajstić information content (AvgIpc) is 2.97. The normalized spacial score (nSPS) is 31.4. The summed E-state index contributed by atoms with van der Waals surface area (Å²) < 4.78 is 0. The Bertz CT molecular complexity index is 690. The highest BCUT2D eigenvalue weighted by atomic mass is 32.1. The maximum Gasteiger partial charge on any atom is 0.352 e. The van der Waals surface area contributed by atoms with Crippen molar-refractivity contribution < 1.29 is 19.8 Å². The smallest absolute Gasteiger partial charge is 0.352 e. The predicted octanol–water partition coefficient (Wildman–Crippen LogP) is 1.33. The molecule has 3 heterocycles. The number of carboxylic acids is 1. The van der Waals surface area contributed by atoms with Crippen molar-refractivity contribution in [1.82, 2.24) is 4.90 Å². The first-order valence-corrected chi connectivity index (χ1v) is 7.95. The van der Waals surface area contributed by atoms with Gasteiger partial charge in [-0.25, -0.2) is 4.79 Å². The van der Waals surface area contributed by atoms with Crippen molar-refractivity contribution in [2.24, 2.45) is 11.8 Å². The van der Waals surface area contributed by atoms with Crippen LogP contribution in [0.3, 0.4) is 0 Å². The van der Waals surface area contributed by atoms with Crippen LogP contribution in [-0.2, 0) is 16.0 Å². The summed E-state index contributed by atoms with van der Waals surface area (Å²) in [4.78, 5) is 26.6. The van der Waals surface area contributed by atoms with Gasteiger partial charge in [-0.2, -0.15) is 0 Å². The summed E-state index contributed by atoms with van der Waals surface area (Å²) in [5, 5.41) is 21.4. The SMILES string of the molecule is C[C@@H](O)[C@H]1C(=O)N2C(C(=O)O)=C3c4ccsc4CC[C@H]3[C@H]12. The molecule has 5 nitrogen and oxygen atoms in total. The van der Waals surface area contributed by atoms with Crippen LogP contribution in [-0.4, -0.2) is 39.1 Å². The van der Waals surface area contributed by atoms with Crippen LogP contribution in [0.1, 0.15) is 23.8 Å². The number of rotatable bonds is 2. The molecule has 110 valence electrons. The van der Waals surface area contributed by atoms with Crippen molar-refractivity contribution in [1.29, 1.82) is 0 Å². The molecule has 1 aromatic rings. The molecule has 21 heavy (non-hydrogen) atoms. The lowest BCUT2D eigenvalue weighted by atomic mass is 9.72. The summed E-state index contributed by atoms with van der Waals surface area (Å²) in [6.07, 6.45) is 1.02. The van der Waals surface area contributed by atoms with Gasteiger partial charge in [0.15, 0.2) is 0 Å². The van der Waals surface area contributed by atoms with Crippen LogP contribution < -0.4 is 0 Å². The number of carboxylic acid groups (broad SMARTS) is 1. The molecule has 4 rings (SSSR count). The molecule has 0 aromatic carbocycles. The van der Waals surface area contributed by atoms with Gasteiger partial charge in [-0.3, -0.25) is 4.79 Å². The molecule has 1 fully saturated rings. The predicted molar refractivity (Wildman–Crippen MR) is 76.5 cm³/mol. The number of β-lactam (4-membered cyclic amide) rings is 1. The van der Waals surface area contributed by atoms with E-state index in [4.69, 9.17) is 0 Å². The van der Waals surface area contributed by atoms with E-state index in [-0.39, 0.29) is 23.6 Å². The van der Waals surface area contributed by atoms with E-state index in [0.717, 1.165) is 24.0 Å². The van der Waals surface area contributed by atoms with Gasteiger partial charge in [-0.05, 0) is 42.3 Å². The Hall–Kier alpha value is -1.66. The minimum absolute atomic E-state index is 0.0375. The van der Waals surface area contributed by atoms with Crippen molar-refractivity contribution >= 4 is 28.8 Å². The Balaban J connectivity index is 1.88. The fourth-order valence-corrected chi connectivity index (χ4v) is 5.02. The molecule has 0 saturated carbocycles. The van der Waals surface area contributed by atoms with Crippen LogP contribution in [0.5, 0.6) is 0 Å². The first-order valence-electron chi connectivity index (χ1n) is 7.07. The van der Waals surface area contributed by atoms with Gasteiger partial charge in [-0.15, -0.1) is 11.3 Å². The molecule has 1 aliphatic carbocycles. The molecule has 3 aliphatic rings. The zero-order valence-electron chi connectivity index (χ0n) is 11.4. The molecule has 2 N–H and O–H groups in total. The van der Waals surface area contributed by atoms with Gasteiger partial charge in [0.2, 0.25) is 5.91 Å². The number of thiophene rings is 1. The van der Waals surface area contributed by atoms with E-state index >= 15 is 0 Å². The minimum atomic E-state index is -1.05. The third kappa shape index (κ3) is 1.49. The minimum Gasteiger partial charge on any atom is -0.477 e. The average molecular weight is 305 g/mol. The van der Waals surface area contributed by atoms with Crippen LogP contribution >= 0.6 is 11.3 Å². The van der Waals surface area contributed by atoms with E-state index in [1.807, 2.05) is 11.4 Å².